The standard InChI is InChI=1S/C20H30N4O2/c1-3-6-17(14-25)23-19-16(13-22-20(21)24-19)8-5-4-7-15-9-11-18(26-2)12-10-15/h9-13,17,25H,3-8,14H2,1-2H3,(H3,21,22,23,24)/t17-/m0/s1. The third-order valence-corrected chi connectivity index (χ3v) is 4.40. The number of benzene rings is 1. The molecule has 26 heavy (non-hydrogen) atoms. The highest BCUT2D eigenvalue weighted by molar-refractivity contribution is 5.47. The van der Waals surface area contributed by atoms with Crippen LogP contribution in [0.25, 0.3) is 0 Å². The number of nitrogens with two attached hydrogens (primary N) is 1. The van der Waals surface area contributed by atoms with E-state index in [1.807, 2.05) is 12.1 Å². The minimum absolute atomic E-state index is 0.00708. The summed E-state index contributed by atoms with van der Waals surface area (Å²) < 4.78 is 5.18. The summed E-state index contributed by atoms with van der Waals surface area (Å²) in [7, 11) is 1.68. The van der Waals surface area contributed by atoms with Gasteiger partial charge >= 0.3 is 0 Å². The molecular formula is C20H30N4O2. The number of aliphatic hydroxyl groups excluding tert-OH is 1. The average molecular weight is 358 g/mol. The summed E-state index contributed by atoms with van der Waals surface area (Å²) in [6.07, 6.45) is 7.69. The van der Waals surface area contributed by atoms with Gasteiger partial charge in [0.2, 0.25) is 5.95 Å². The van der Waals surface area contributed by atoms with E-state index in [-0.39, 0.29) is 18.6 Å². The monoisotopic (exact) mass is 358 g/mol. The molecule has 0 amide bonds. The van der Waals surface area contributed by atoms with Crippen molar-refractivity contribution in [1.82, 2.24) is 9.97 Å². The average Bonchev–Trinajstić information content (AvgIpc) is 2.66. The zero-order valence-corrected chi connectivity index (χ0v) is 15.7. The Labute approximate surface area is 155 Å². The molecule has 1 heterocycles. The maximum Gasteiger partial charge on any atom is 0.221 e. The second kappa shape index (κ2) is 10.6. The molecule has 0 aliphatic heterocycles. The Balaban J connectivity index is 1.89. The molecule has 1 aromatic carbocycles. The van der Waals surface area contributed by atoms with E-state index in [9.17, 15) is 5.11 Å². The number of unbranched alkanes of at least 4 members (excludes halogenated alkanes) is 1. The fraction of sp³-hybridized carbons (Fsp3) is 0.500. The quantitative estimate of drug-likeness (QED) is 0.534. The molecule has 0 fully saturated rings. The van der Waals surface area contributed by atoms with E-state index in [1.165, 1.54) is 5.56 Å². The fourth-order valence-corrected chi connectivity index (χ4v) is 2.92. The minimum Gasteiger partial charge on any atom is -0.497 e. The Hall–Kier alpha value is -2.34. The van der Waals surface area contributed by atoms with Crippen LogP contribution in [-0.2, 0) is 12.8 Å². The molecule has 2 aromatic rings. The van der Waals surface area contributed by atoms with E-state index in [4.69, 9.17) is 10.5 Å². The predicted molar refractivity (Wildman–Crippen MR) is 105 cm³/mol. The molecule has 0 saturated carbocycles. The number of rotatable bonds is 11. The molecule has 0 saturated heterocycles. The summed E-state index contributed by atoms with van der Waals surface area (Å²) in [5, 5.41) is 12.8. The SMILES string of the molecule is CCC[C@@H](CO)Nc1nc(N)ncc1CCCCc1ccc(OC)cc1. The molecule has 1 aromatic heterocycles. The smallest absolute Gasteiger partial charge is 0.221 e. The van der Waals surface area contributed by atoms with Crippen molar-refractivity contribution in [3.05, 3.63) is 41.6 Å². The largest absolute Gasteiger partial charge is 0.497 e. The molecule has 0 radical (unpaired) electrons. The van der Waals surface area contributed by atoms with Crippen LogP contribution in [0.1, 0.15) is 43.7 Å². The highest BCUT2D eigenvalue weighted by atomic mass is 16.5. The number of ether oxygens (including phenoxy) is 1. The lowest BCUT2D eigenvalue weighted by molar-refractivity contribution is 0.268. The molecule has 1 atom stereocenters. The summed E-state index contributed by atoms with van der Waals surface area (Å²) in [6, 6.07) is 8.19. The van der Waals surface area contributed by atoms with Crippen LogP contribution in [-0.4, -0.2) is 34.8 Å². The Morgan fingerprint density at radius 1 is 1.19 bits per heavy atom. The van der Waals surface area contributed by atoms with Crippen LogP contribution in [0.3, 0.4) is 0 Å². The maximum absolute atomic E-state index is 9.51. The second-order valence-electron chi connectivity index (χ2n) is 6.47. The lowest BCUT2D eigenvalue weighted by Crippen LogP contribution is -2.25. The van der Waals surface area contributed by atoms with Gasteiger partial charge in [-0.1, -0.05) is 25.5 Å². The molecule has 2 rings (SSSR count). The van der Waals surface area contributed by atoms with Crippen molar-refractivity contribution < 1.29 is 9.84 Å². The van der Waals surface area contributed by atoms with Crippen LogP contribution in [0.4, 0.5) is 11.8 Å². The fourth-order valence-electron chi connectivity index (χ4n) is 2.92. The van der Waals surface area contributed by atoms with E-state index in [0.717, 1.165) is 55.7 Å². The summed E-state index contributed by atoms with van der Waals surface area (Å²) in [6.45, 7) is 2.17. The molecule has 0 bridgehead atoms. The first-order valence-electron chi connectivity index (χ1n) is 9.28. The first-order chi connectivity index (χ1) is 12.7. The van der Waals surface area contributed by atoms with Gasteiger partial charge in [-0.15, -0.1) is 0 Å². The zero-order chi connectivity index (χ0) is 18.8. The minimum atomic E-state index is -0.00708. The number of nitrogen functional groups attached to an aromatic ring is 1. The number of methoxy groups -OCH3 is 1. The van der Waals surface area contributed by atoms with Gasteiger partial charge in [0.1, 0.15) is 11.6 Å². The number of aromatic nitrogens is 2. The van der Waals surface area contributed by atoms with Gasteiger partial charge in [-0.2, -0.15) is 4.98 Å². The number of anilines is 2. The van der Waals surface area contributed by atoms with Crippen LogP contribution in [0.5, 0.6) is 5.75 Å². The highest BCUT2D eigenvalue weighted by Crippen LogP contribution is 2.19. The van der Waals surface area contributed by atoms with Gasteiger partial charge in [0.25, 0.3) is 0 Å². The molecule has 0 spiro atoms. The molecule has 4 N–H and O–H groups in total. The first kappa shape index (κ1) is 20.0. The van der Waals surface area contributed by atoms with Gasteiger partial charge in [0.15, 0.2) is 0 Å². The molecule has 142 valence electrons. The van der Waals surface area contributed by atoms with Crippen molar-refractivity contribution in [2.75, 3.05) is 24.8 Å². The number of aliphatic hydroxyl groups is 1. The third kappa shape index (κ3) is 6.19. The van der Waals surface area contributed by atoms with Gasteiger partial charge < -0.3 is 20.9 Å². The Morgan fingerprint density at radius 3 is 2.58 bits per heavy atom. The Morgan fingerprint density at radius 2 is 1.92 bits per heavy atom. The third-order valence-electron chi connectivity index (χ3n) is 4.40. The highest BCUT2D eigenvalue weighted by Gasteiger charge is 2.11. The summed E-state index contributed by atoms with van der Waals surface area (Å²) >= 11 is 0. The summed E-state index contributed by atoms with van der Waals surface area (Å²) in [4.78, 5) is 8.45. The van der Waals surface area contributed by atoms with Gasteiger partial charge in [-0.25, -0.2) is 4.98 Å². The second-order valence-corrected chi connectivity index (χ2v) is 6.47. The summed E-state index contributed by atoms with van der Waals surface area (Å²) in [5.41, 5.74) is 8.09. The van der Waals surface area contributed by atoms with Gasteiger partial charge in [-0.05, 0) is 49.8 Å². The van der Waals surface area contributed by atoms with Gasteiger partial charge in [-0.3, -0.25) is 0 Å². The van der Waals surface area contributed by atoms with Crippen LogP contribution in [0.15, 0.2) is 30.5 Å². The van der Waals surface area contributed by atoms with Crippen molar-refractivity contribution in [1.29, 1.82) is 0 Å². The maximum atomic E-state index is 9.51. The van der Waals surface area contributed by atoms with E-state index in [0.29, 0.717) is 0 Å². The number of nitrogens with one attached hydrogen (secondary N) is 1. The Bertz CT molecular complexity index is 661. The van der Waals surface area contributed by atoms with Crippen molar-refractivity contribution in [3.63, 3.8) is 0 Å². The number of hydrogen-bond donors (Lipinski definition) is 3. The van der Waals surface area contributed by atoms with E-state index >= 15 is 0 Å². The van der Waals surface area contributed by atoms with E-state index < -0.39 is 0 Å². The lowest BCUT2D eigenvalue weighted by atomic mass is 10.0. The lowest BCUT2D eigenvalue weighted by Gasteiger charge is -2.18. The molecule has 0 unspecified atom stereocenters. The number of aryl methyl sites for hydroxylation is 2. The van der Waals surface area contributed by atoms with Crippen LogP contribution in [0, 0.1) is 0 Å². The van der Waals surface area contributed by atoms with Crippen molar-refractivity contribution in [2.24, 2.45) is 0 Å². The van der Waals surface area contributed by atoms with Gasteiger partial charge in [0.05, 0.1) is 19.8 Å². The zero-order valence-electron chi connectivity index (χ0n) is 15.7. The van der Waals surface area contributed by atoms with E-state index in [1.54, 1.807) is 13.3 Å². The topological polar surface area (TPSA) is 93.3 Å². The molecule has 6 heteroatoms. The molecule has 0 aliphatic rings. The molecule has 6 nitrogen and oxygen atoms in total. The van der Waals surface area contributed by atoms with Crippen molar-refractivity contribution >= 4 is 11.8 Å². The van der Waals surface area contributed by atoms with Crippen molar-refractivity contribution in [3.8, 4) is 5.75 Å². The Kier molecular flexibility index (Phi) is 8.15. The van der Waals surface area contributed by atoms with Crippen LogP contribution >= 0.6 is 0 Å². The van der Waals surface area contributed by atoms with Gasteiger partial charge in [0, 0.05) is 11.8 Å². The van der Waals surface area contributed by atoms with E-state index in [2.05, 4.69) is 34.3 Å². The number of nitrogens with zero attached hydrogens (tertiary/aromatic N) is 2. The number of hydrogen-bond acceptors (Lipinski definition) is 6. The molecule has 0 aliphatic carbocycles. The van der Waals surface area contributed by atoms with Crippen LogP contribution < -0.4 is 15.8 Å². The van der Waals surface area contributed by atoms with Crippen LogP contribution in [0.2, 0.25) is 0 Å². The molecular weight excluding hydrogens is 328 g/mol. The van der Waals surface area contributed by atoms with Crippen molar-refractivity contribution in [2.45, 2.75) is 51.5 Å². The predicted octanol–water partition coefficient (Wildman–Crippen LogP) is 3.21. The first-order valence-corrected chi connectivity index (χ1v) is 9.28. The summed E-state index contributed by atoms with van der Waals surface area (Å²) in [5.74, 6) is 1.88. The normalized spacial score (nSPS) is 12.0.